The molecule has 0 unspecified atom stereocenters. The van der Waals surface area contributed by atoms with Crippen molar-refractivity contribution < 1.29 is 19.4 Å². The summed E-state index contributed by atoms with van der Waals surface area (Å²) >= 11 is 3.36. The Morgan fingerprint density at radius 3 is 2.64 bits per heavy atom. The number of phenols is 1. The Bertz CT molecular complexity index is 941. The van der Waals surface area contributed by atoms with Gasteiger partial charge in [-0.2, -0.15) is 0 Å². The number of carbonyl (C=O) groups excluding carboxylic acids is 2. The molecule has 3 rings (SSSR count). The first kappa shape index (κ1) is 19.8. The standard InChI is InChI=1S/C20H20BrN3O4/c1-3-28-16-10-12(4-9-15(16)25)18-17(11(2)22-20(27)24-18)19(26)23-14-7-5-13(21)6-8-14/h4-10,18,25H,3H2,1-2H3,(H,23,26)(H2,22,24,27)/t18-/m1/s1. The fraction of sp³-hybridized carbons (Fsp3) is 0.200. The topological polar surface area (TPSA) is 99.7 Å². The van der Waals surface area contributed by atoms with Crippen molar-refractivity contribution in [3.8, 4) is 11.5 Å². The zero-order chi connectivity index (χ0) is 20.3. The van der Waals surface area contributed by atoms with E-state index in [2.05, 4.69) is 31.9 Å². The molecule has 28 heavy (non-hydrogen) atoms. The van der Waals surface area contributed by atoms with E-state index in [4.69, 9.17) is 4.74 Å². The van der Waals surface area contributed by atoms with E-state index in [-0.39, 0.29) is 17.4 Å². The molecule has 0 aromatic heterocycles. The maximum atomic E-state index is 13.0. The third-order valence-electron chi connectivity index (χ3n) is 4.23. The lowest BCUT2D eigenvalue weighted by Crippen LogP contribution is -2.45. The van der Waals surface area contributed by atoms with Crippen LogP contribution in [0.5, 0.6) is 11.5 Å². The van der Waals surface area contributed by atoms with E-state index >= 15 is 0 Å². The second kappa shape index (κ2) is 8.35. The normalized spacial score (nSPS) is 16.2. The van der Waals surface area contributed by atoms with Gasteiger partial charge in [0.05, 0.1) is 18.2 Å². The SMILES string of the molecule is CCOc1cc([C@H]2NC(=O)NC(C)=C2C(=O)Nc2ccc(Br)cc2)ccc1O. The molecular weight excluding hydrogens is 426 g/mol. The monoisotopic (exact) mass is 445 g/mol. The predicted octanol–water partition coefficient (Wildman–Crippen LogP) is 3.82. The van der Waals surface area contributed by atoms with Gasteiger partial charge in [-0.1, -0.05) is 22.0 Å². The van der Waals surface area contributed by atoms with Gasteiger partial charge in [-0.3, -0.25) is 4.79 Å². The van der Waals surface area contributed by atoms with Crippen LogP contribution < -0.4 is 20.7 Å². The van der Waals surface area contributed by atoms with Gasteiger partial charge in [0.1, 0.15) is 0 Å². The van der Waals surface area contributed by atoms with Crippen LogP contribution in [0.4, 0.5) is 10.5 Å². The number of phenolic OH excluding ortho intramolecular Hbond substituents is 1. The van der Waals surface area contributed by atoms with Gasteiger partial charge in [0, 0.05) is 15.9 Å². The van der Waals surface area contributed by atoms with Crippen LogP contribution in [0.3, 0.4) is 0 Å². The van der Waals surface area contributed by atoms with Crippen molar-refractivity contribution in [2.75, 3.05) is 11.9 Å². The summed E-state index contributed by atoms with van der Waals surface area (Å²) in [6.45, 7) is 3.85. The van der Waals surface area contributed by atoms with Gasteiger partial charge in [0.2, 0.25) is 0 Å². The molecule has 0 saturated heterocycles. The van der Waals surface area contributed by atoms with Crippen LogP contribution in [-0.4, -0.2) is 23.7 Å². The molecule has 1 aliphatic rings. The van der Waals surface area contributed by atoms with Crippen molar-refractivity contribution >= 4 is 33.6 Å². The average molecular weight is 446 g/mol. The number of allylic oxidation sites excluding steroid dienone is 1. The smallest absolute Gasteiger partial charge is 0.319 e. The summed E-state index contributed by atoms with van der Waals surface area (Å²) in [6, 6.07) is 10.8. The minimum Gasteiger partial charge on any atom is -0.504 e. The lowest BCUT2D eigenvalue weighted by Gasteiger charge is -2.29. The number of urea groups is 1. The number of carbonyl (C=O) groups is 2. The minimum atomic E-state index is -0.691. The molecule has 0 spiro atoms. The Morgan fingerprint density at radius 2 is 1.96 bits per heavy atom. The highest BCUT2D eigenvalue weighted by Gasteiger charge is 2.31. The number of hydrogen-bond acceptors (Lipinski definition) is 4. The number of anilines is 1. The molecule has 0 fully saturated rings. The Balaban J connectivity index is 1.95. The zero-order valence-electron chi connectivity index (χ0n) is 15.4. The van der Waals surface area contributed by atoms with Crippen molar-refractivity contribution in [3.63, 3.8) is 0 Å². The van der Waals surface area contributed by atoms with E-state index < -0.39 is 12.1 Å². The van der Waals surface area contributed by atoms with Crippen LogP contribution in [0.15, 0.2) is 58.2 Å². The molecule has 1 heterocycles. The molecule has 2 aromatic carbocycles. The molecule has 0 aliphatic carbocycles. The predicted molar refractivity (Wildman–Crippen MR) is 109 cm³/mol. The van der Waals surface area contributed by atoms with E-state index in [1.807, 2.05) is 12.1 Å². The molecule has 0 saturated carbocycles. The maximum Gasteiger partial charge on any atom is 0.319 e. The summed E-state index contributed by atoms with van der Waals surface area (Å²) in [7, 11) is 0. The largest absolute Gasteiger partial charge is 0.504 e. The van der Waals surface area contributed by atoms with Crippen molar-refractivity contribution in [2.24, 2.45) is 0 Å². The first-order valence-electron chi connectivity index (χ1n) is 8.70. The van der Waals surface area contributed by atoms with E-state index in [0.29, 0.717) is 29.1 Å². The Labute approximate surface area is 170 Å². The van der Waals surface area contributed by atoms with Gasteiger partial charge in [0.15, 0.2) is 11.5 Å². The van der Waals surface area contributed by atoms with Crippen LogP contribution in [0.25, 0.3) is 0 Å². The quantitative estimate of drug-likeness (QED) is 0.561. The van der Waals surface area contributed by atoms with E-state index in [9.17, 15) is 14.7 Å². The molecular formula is C20H20BrN3O4. The van der Waals surface area contributed by atoms with Crippen LogP contribution in [0.1, 0.15) is 25.5 Å². The van der Waals surface area contributed by atoms with Gasteiger partial charge >= 0.3 is 6.03 Å². The van der Waals surface area contributed by atoms with Gasteiger partial charge in [-0.25, -0.2) is 4.79 Å². The minimum absolute atomic E-state index is 0.00701. The van der Waals surface area contributed by atoms with Gasteiger partial charge in [-0.15, -0.1) is 0 Å². The summed E-state index contributed by atoms with van der Waals surface area (Å²) < 4.78 is 6.33. The van der Waals surface area contributed by atoms with Crippen LogP contribution in [0, 0.1) is 0 Å². The number of benzene rings is 2. The first-order chi connectivity index (χ1) is 13.4. The first-order valence-corrected chi connectivity index (χ1v) is 9.49. The van der Waals surface area contributed by atoms with Crippen LogP contribution in [-0.2, 0) is 4.79 Å². The summed E-state index contributed by atoms with van der Waals surface area (Å²) in [4.78, 5) is 25.0. The summed E-state index contributed by atoms with van der Waals surface area (Å²) in [6.07, 6.45) is 0. The molecule has 2 aromatic rings. The van der Waals surface area contributed by atoms with Crippen molar-refractivity contribution in [1.82, 2.24) is 10.6 Å². The highest BCUT2D eigenvalue weighted by molar-refractivity contribution is 9.10. The highest BCUT2D eigenvalue weighted by atomic mass is 79.9. The maximum absolute atomic E-state index is 13.0. The average Bonchev–Trinajstić information content (AvgIpc) is 2.65. The number of halogens is 1. The third kappa shape index (κ3) is 4.28. The van der Waals surface area contributed by atoms with E-state index in [1.54, 1.807) is 38.1 Å². The van der Waals surface area contributed by atoms with Crippen molar-refractivity contribution in [3.05, 3.63) is 63.8 Å². The molecule has 0 bridgehead atoms. The lowest BCUT2D eigenvalue weighted by molar-refractivity contribution is -0.113. The van der Waals surface area contributed by atoms with E-state index in [0.717, 1.165) is 4.47 Å². The van der Waals surface area contributed by atoms with Crippen LogP contribution in [0.2, 0.25) is 0 Å². The number of aromatic hydroxyl groups is 1. The zero-order valence-corrected chi connectivity index (χ0v) is 17.0. The number of nitrogens with one attached hydrogen (secondary N) is 3. The molecule has 1 atom stereocenters. The Hall–Kier alpha value is -3.00. The number of hydrogen-bond donors (Lipinski definition) is 4. The molecule has 0 radical (unpaired) electrons. The van der Waals surface area contributed by atoms with Crippen molar-refractivity contribution in [1.29, 1.82) is 0 Å². The summed E-state index contributed by atoms with van der Waals surface area (Å²) in [5.41, 5.74) is 2.08. The number of rotatable bonds is 5. The van der Waals surface area contributed by atoms with Gasteiger partial charge < -0.3 is 25.8 Å². The summed E-state index contributed by atoms with van der Waals surface area (Å²) in [5.74, 6) is -0.0612. The summed E-state index contributed by atoms with van der Waals surface area (Å²) in [5, 5.41) is 18.2. The Morgan fingerprint density at radius 1 is 1.25 bits per heavy atom. The van der Waals surface area contributed by atoms with Gasteiger partial charge in [0.25, 0.3) is 5.91 Å². The van der Waals surface area contributed by atoms with Gasteiger partial charge in [-0.05, 0) is 55.8 Å². The molecule has 8 heteroatoms. The number of amides is 3. The molecule has 146 valence electrons. The Kier molecular flexibility index (Phi) is 5.89. The second-order valence-corrected chi connectivity index (χ2v) is 7.11. The molecule has 3 amide bonds. The molecule has 1 aliphatic heterocycles. The van der Waals surface area contributed by atoms with Crippen molar-refractivity contribution in [2.45, 2.75) is 19.9 Å². The van der Waals surface area contributed by atoms with Crippen LogP contribution >= 0.6 is 15.9 Å². The third-order valence-corrected chi connectivity index (χ3v) is 4.76. The fourth-order valence-corrected chi connectivity index (χ4v) is 3.22. The second-order valence-electron chi connectivity index (χ2n) is 6.19. The molecule has 4 N–H and O–H groups in total. The highest BCUT2D eigenvalue weighted by Crippen LogP contribution is 2.34. The fourth-order valence-electron chi connectivity index (χ4n) is 2.96. The number of ether oxygens (including phenoxy) is 1. The molecule has 7 nitrogen and oxygen atoms in total. The lowest BCUT2D eigenvalue weighted by atomic mass is 9.94. The van der Waals surface area contributed by atoms with E-state index in [1.165, 1.54) is 6.07 Å².